The zero-order valence-corrected chi connectivity index (χ0v) is 22.8. The van der Waals surface area contributed by atoms with Gasteiger partial charge in [-0.25, -0.2) is 4.68 Å². The number of para-hydroxylation sites is 1. The predicted molar refractivity (Wildman–Crippen MR) is 146 cm³/mol. The third-order valence-corrected chi connectivity index (χ3v) is 5.93. The Hall–Kier alpha value is -3.59. The Balaban J connectivity index is 1.66. The summed E-state index contributed by atoms with van der Waals surface area (Å²) >= 11 is 0. The molecule has 0 aliphatic carbocycles. The highest BCUT2D eigenvalue weighted by atomic mass is 16.5. The van der Waals surface area contributed by atoms with Crippen LogP contribution in [0.2, 0.25) is 0 Å². The monoisotopic (exact) mass is 519 g/mol. The molecule has 8 nitrogen and oxygen atoms in total. The number of hydrogen-bond acceptors (Lipinski definition) is 7. The molecule has 2 aromatic carbocycles. The zero-order valence-electron chi connectivity index (χ0n) is 22.8. The summed E-state index contributed by atoms with van der Waals surface area (Å²) in [5.41, 5.74) is 2.31. The van der Waals surface area contributed by atoms with Gasteiger partial charge in [0.1, 0.15) is 17.3 Å². The number of aromatic nitrogens is 2. The van der Waals surface area contributed by atoms with Gasteiger partial charge in [-0.05, 0) is 76.2 Å². The molecule has 202 valence electrons. The first kappa shape index (κ1) is 27.4. The van der Waals surface area contributed by atoms with Gasteiger partial charge < -0.3 is 23.7 Å². The first-order valence-electron chi connectivity index (χ1n) is 12.7. The van der Waals surface area contributed by atoms with E-state index in [2.05, 4.69) is 4.90 Å². The molecule has 1 unspecified atom stereocenters. The number of ether oxygens (including phenoxy) is 3. The van der Waals surface area contributed by atoms with E-state index in [1.165, 1.54) is 0 Å². The SMILES string of the molecule is COc1ccc(Oc2c(CN(Cc3ccco3)CC(O)COC(C)(C)C)c(C)nn2-c2ccccc2)cc1. The fourth-order valence-corrected chi connectivity index (χ4v) is 4.05. The summed E-state index contributed by atoms with van der Waals surface area (Å²) in [6.07, 6.45) is 0.975. The highest BCUT2D eigenvalue weighted by Gasteiger charge is 2.24. The molecule has 4 aromatic rings. The van der Waals surface area contributed by atoms with E-state index in [0.29, 0.717) is 31.3 Å². The third kappa shape index (κ3) is 7.47. The number of furan rings is 1. The maximum Gasteiger partial charge on any atom is 0.227 e. The van der Waals surface area contributed by atoms with E-state index in [-0.39, 0.29) is 12.2 Å². The maximum absolute atomic E-state index is 10.8. The van der Waals surface area contributed by atoms with Crippen molar-refractivity contribution in [1.29, 1.82) is 0 Å². The average molecular weight is 520 g/mol. The minimum atomic E-state index is -0.681. The highest BCUT2D eigenvalue weighted by Crippen LogP contribution is 2.32. The first-order valence-corrected chi connectivity index (χ1v) is 12.7. The Labute approximate surface area is 224 Å². The van der Waals surface area contributed by atoms with E-state index in [0.717, 1.165) is 28.5 Å². The van der Waals surface area contributed by atoms with Crippen LogP contribution in [-0.2, 0) is 17.8 Å². The largest absolute Gasteiger partial charge is 0.497 e. The van der Waals surface area contributed by atoms with Crippen molar-refractivity contribution in [2.75, 3.05) is 20.3 Å². The van der Waals surface area contributed by atoms with Crippen molar-refractivity contribution in [3.05, 3.63) is 90.0 Å². The van der Waals surface area contributed by atoms with Crippen LogP contribution in [0.5, 0.6) is 17.4 Å². The van der Waals surface area contributed by atoms with Gasteiger partial charge >= 0.3 is 0 Å². The van der Waals surface area contributed by atoms with Crippen LogP contribution in [-0.4, -0.2) is 51.8 Å². The van der Waals surface area contributed by atoms with Gasteiger partial charge in [-0.2, -0.15) is 5.10 Å². The number of nitrogens with zero attached hydrogens (tertiary/aromatic N) is 3. The van der Waals surface area contributed by atoms with Crippen molar-refractivity contribution < 1.29 is 23.7 Å². The van der Waals surface area contributed by atoms with Gasteiger partial charge in [-0.3, -0.25) is 4.90 Å². The summed E-state index contributed by atoms with van der Waals surface area (Å²) in [6, 6.07) is 21.1. The molecule has 0 amide bonds. The Kier molecular flexibility index (Phi) is 8.89. The van der Waals surface area contributed by atoms with Crippen molar-refractivity contribution in [3.63, 3.8) is 0 Å². The quantitative estimate of drug-likeness (QED) is 0.255. The van der Waals surface area contributed by atoms with E-state index >= 15 is 0 Å². The molecular formula is C30H37N3O5. The minimum Gasteiger partial charge on any atom is -0.497 e. The molecule has 0 aliphatic rings. The van der Waals surface area contributed by atoms with Gasteiger partial charge in [-0.15, -0.1) is 0 Å². The van der Waals surface area contributed by atoms with Crippen molar-refractivity contribution >= 4 is 0 Å². The first-order chi connectivity index (χ1) is 18.2. The lowest BCUT2D eigenvalue weighted by atomic mass is 10.2. The molecular weight excluding hydrogens is 482 g/mol. The van der Waals surface area contributed by atoms with Crippen molar-refractivity contribution in [1.82, 2.24) is 14.7 Å². The van der Waals surface area contributed by atoms with Crippen LogP contribution in [0.25, 0.3) is 5.69 Å². The van der Waals surface area contributed by atoms with Crippen LogP contribution >= 0.6 is 0 Å². The number of aliphatic hydroxyl groups is 1. The van der Waals surface area contributed by atoms with Gasteiger partial charge in [0.15, 0.2) is 0 Å². The van der Waals surface area contributed by atoms with E-state index < -0.39 is 6.10 Å². The Bertz CT molecular complexity index is 1260. The summed E-state index contributed by atoms with van der Waals surface area (Å²) in [5.74, 6) is 2.84. The van der Waals surface area contributed by atoms with Crippen LogP contribution in [0.4, 0.5) is 0 Å². The smallest absolute Gasteiger partial charge is 0.227 e. The molecule has 0 aliphatic heterocycles. The topological polar surface area (TPSA) is 82.1 Å². The van der Waals surface area contributed by atoms with Crippen LogP contribution in [0.15, 0.2) is 77.4 Å². The van der Waals surface area contributed by atoms with Gasteiger partial charge in [0, 0.05) is 13.1 Å². The Morgan fingerprint density at radius 3 is 2.32 bits per heavy atom. The summed E-state index contributed by atoms with van der Waals surface area (Å²) < 4.78 is 25.0. The zero-order chi connectivity index (χ0) is 27.1. The normalized spacial score (nSPS) is 12.6. The average Bonchev–Trinajstić information content (AvgIpc) is 3.51. The van der Waals surface area contributed by atoms with Crippen LogP contribution in [0, 0.1) is 6.92 Å². The van der Waals surface area contributed by atoms with E-state index in [1.54, 1.807) is 13.4 Å². The van der Waals surface area contributed by atoms with Crippen molar-refractivity contribution in [3.8, 4) is 23.1 Å². The number of methoxy groups -OCH3 is 1. The maximum atomic E-state index is 10.8. The third-order valence-electron chi connectivity index (χ3n) is 5.93. The molecule has 8 heteroatoms. The fourth-order valence-electron chi connectivity index (χ4n) is 4.05. The van der Waals surface area contributed by atoms with Crippen molar-refractivity contribution in [2.24, 2.45) is 0 Å². The summed E-state index contributed by atoms with van der Waals surface area (Å²) in [4.78, 5) is 2.12. The molecule has 2 heterocycles. The summed E-state index contributed by atoms with van der Waals surface area (Å²) in [7, 11) is 1.64. The van der Waals surface area contributed by atoms with Gasteiger partial charge in [0.05, 0.1) is 55.2 Å². The lowest BCUT2D eigenvalue weighted by Crippen LogP contribution is -2.36. The molecule has 38 heavy (non-hydrogen) atoms. The fraction of sp³-hybridized carbons (Fsp3) is 0.367. The minimum absolute atomic E-state index is 0.232. The highest BCUT2D eigenvalue weighted by molar-refractivity contribution is 5.44. The Morgan fingerprint density at radius 1 is 0.974 bits per heavy atom. The van der Waals surface area contributed by atoms with Crippen LogP contribution in [0.3, 0.4) is 0 Å². The number of aliphatic hydroxyl groups excluding tert-OH is 1. The van der Waals surface area contributed by atoms with E-state index in [1.807, 2.05) is 99.1 Å². The lowest BCUT2D eigenvalue weighted by Gasteiger charge is -2.27. The van der Waals surface area contributed by atoms with Crippen LogP contribution in [0.1, 0.15) is 37.8 Å². The second-order valence-electron chi connectivity index (χ2n) is 10.2. The predicted octanol–water partition coefficient (Wildman–Crippen LogP) is 5.75. The summed E-state index contributed by atoms with van der Waals surface area (Å²) in [5, 5.41) is 15.7. The van der Waals surface area contributed by atoms with Crippen molar-refractivity contribution in [2.45, 2.75) is 52.5 Å². The number of hydrogen-bond donors (Lipinski definition) is 1. The molecule has 0 fully saturated rings. The molecule has 0 saturated carbocycles. The van der Waals surface area contributed by atoms with Gasteiger partial charge in [0.2, 0.25) is 5.88 Å². The number of rotatable bonds is 12. The summed E-state index contributed by atoms with van der Waals surface area (Å²) in [6.45, 7) is 9.51. The van der Waals surface area contributed by atoms with E-state index in [9.17, 15) is 5.11 Å². The lowest BCUT2D eigenvalue weighted by molar-refractivity contribution is -0.0576. The molecule has 0 radical (unpaired) electrons. The number of benzene rings is 2. The second-order valence-corrected chi connectivity index (χ2v) is 10.2. The molecule has 0 bridgehead atoms. The molecule has 1 N–H and O–H groups in total. The molecule has 1 atom stereocenters. The van der Waals surface area contributed by atoms with Crippen LogP contribution < -0.4 is 9.47 Å². The van der Waals surface area contributed by atoms with Gasteiger partial charge in [0.25, 0.3) is 0 Å². The number of aryl methyl sites for hydroxylation is 1. The van der Waals surface area contributed by atoms with E-state index in [4.69, 9.17) is 23.7 Å². The second kappa shape index (κ2) is 12.3. The molecule has 2 aromatic heterocycles. The molecule has 0 spiro atoms. The Morgan fingerprint density at radius 2 is 1.68 bits per heavy atom. The molecule has 0 saturated heterocycles. The molecule has 4 rings (SSSR count). The van der Waals surface area contributed by atoms with Gasteiger partial charge in [-0.1, -0.05) is 18.2 Å². The standard InChI is InChI=1S/C30H37N3O5/c1-22-28(20-32(19-27-12-9-17-36-27)18-24(34)21-37-30(2,3)4)29(33(31-22)23-10-7-6-8-11-23)38-26-15-13-25(35-5)14-16-26/h6-17,24,34H,18-21H2,1-5H3.